The Kier molecular flexibility index (Phi) is 5.26. The molecule has 3 aromatic rings. The average Bonchev–Trinajstić information content (AvgIpc) is 3.10. The molecule has 0 bridgehead atoms. The Morgan fingerprint density at radius 1 is 1.23 bits per heavy atom. The number of benzene rings is 1. The molecule has 0 fully saturated rings. The minimum Gasteiger partial charge on any atom is -0.482 e. The van der Waals surface area contributed by atoms with E-state index < -0.39 is 12.1 Å². The summed E-state index contributed by atoms with van der Waals surface area (Å²) < 4.78 is 16.0. The second kappa shape index (κ2) is 7.77. The van der Waals surface area contributed by atoms with Crippen LogP contribution >= 0.6 is 0 Å². The van der Waals surface area contributed by atoms with Crippen molar-refractivity contribution in [1.82, 2.24) is 15.1 Å². The number of hydrogen-bond acceptors (Lipinski definition) is 7. The lowest BCUT2D eigenvalue weighted by molar-refractivity contribution is -0.152. The fraction of sp³-hybridized carbons (Fsp3) is 0.263. The molecule has 0 N–H and O–H groups in total. The quantitative estimate of drug-likeness (QED) is 0.627. The van der Waals surface area contributed by atoms with Crippen LogP contribution in [0.5, 0.6) is 5.75 Å². The number of aryl methyl sites for hydroxylation is 2. The molecule has 7 nitrogen and oxygen atoms in total. The van der Waals surface area contributed by atoms with Gasteiger partial charge in [-0.2, -0.15) is 4.98 Å². The van der Waals surface area contributed by atoms with E-state index in [1.54, 1.807) is 25.4 Å². The van der Waals surface area contributed by atoms with Gasteiger partial charge in [0.25, 0.3) is 5.89 Å². The second-order valence-electron chi connectivity index (χ2n) is 5.94. The van der Waals surface area contributed by atoms with Crippen LogP contribution in [0.4, 0.5) is 0 Å². The van der Waals surface area contributed by atoms with Crippen LogP contribution in [0.3, 0.4) is 0 Å². The molecule has 7 heteroatoms. The second-order valence-corrected chi connectivity index (χ2v) is 5.94. The molecule has 0 aliphatic heterocycles. The van der Waals surface area contributed by atoms with Gasteiger partial charge >= 0.3 is 5.97 Å². The first kappa shape index (κ1) is 17.6. The Balaban J connectivity index is 1.57. The summed E-state index contributed by atoms with van der Waals surface area (Å²) in [6, 6.07) is 9.35. The third-order valence-corrected chi connectivity index (χ3v) is 3.57. The summed E-state index contributed by atoms with van der Waals surface area (Å²) in [4.78, 5) is 20.2. The number of esters is 1. The Hall–Kier alpha value is -3.22. The summed E-state index contributed by atoms with van der Waals surface area (Å²) in [6.07, 6.45) is 2.61. The number of nitrogens with zero attached hydrogens (tertiary/aromatic N) is 3. The Bertz CT molecular complexity index is 873. The van der Waals surface area contributed by atoms with Crippen molar-refractivity contribution in [3.05, 3.63) is 59.7 Å². The van der Waals surface area contributed by atoms with Crippen molar-refractivity contribution >= 4 is 5.97 Å². The normalized spacial score (nSPS) is 11.8. The molecule has 1 atom stereocenters. The highest BCUT2D eigenvalue weighted by Gasteiger charge is 2.19. The highest BCUT2D eigenvalue weighted by atomic mass is 16.6. The molecule has 2 heterocycles. The maximum Gasteiger partial charge on any atom is 0.344 e. The van der Waals surface area contributed by atoms with E-state index in [0.29, 0.717) is 11.6 Å². The molecule has 0 amide bonds. The number of hydrogen-bond donors (Lipinski definition) is 0. The van der Waals surface area contributed by atoms with E-state index in [1.165, 1.54) is 0 Å². The molecule has 2 aromatic heterocycles. The zero-order valence-electron chi connectivity index (χ0n) is 14.8. The minimum absolute atomic E-state index is 0.198. The first-order chi connectivity index (χ1) is 12.5. The minimum atomic E-state index is -0.678. The molecule has 0 aliphatic rings. The number of carbonyl (C=O) groups excluding carboxylic acids is 1. The Morgan fingerprint density at radius 2 is 2.00 bits per heavy atom. The molecular formula is C19H19N3O4. The summed E-state index contributed by atoms with van der Waals surface area (Å²) in [6.45, 7) is 5.40. The monoisotopic (exact) mass is 353 g/mol. The molecule has 3 rings (SSSR count). The van der Waals surface area contributed by atoms with Crippen molar-refractivity contribution in [2.24, 2.45) is 0 Å². The lowest BCUT2D eigenvalue weighted by Gasteiger charge is -2.11. The van der Waals surface area contributed by atoms with Crippen LogP contribution in [-0.2, 0) is 9.53 Å². The van der Waals surface area contributed by atoms with Gasteiger partial charge < -0.3 is 14.0 Å². The van der Waals surface area contributed by atoms with Crippen LogP contribution in [0.15, 0.2) is 47.2 Å². The van der Waals surface area contributed by atoms with E-state index in [2.05, 4.69) is 15.1 Å². The molecule has 0 aliphatic carbocycles. The SMILES string of the molecule is Cc1cc(C)cc(OCC(=O)OC(C)c2nc(-c3cccnc3)no2)c1. The van der Waals surface area contributed by atoms with Gasteiger partial charge in [-0.3, -0.25) is 4.98 Å². The number of ether oxygens (including phenoxy) is 2. The van der Waals surface area contributed by atoms with E-state index in [4.69, 9.17) is 14.0 Å². The van der Waals surface area contributed by atoms with Crippen LogP contribution in [0.25, 0.3) is 11.4 Å². The van der Waals surface area contributed by atoms with E-state index in [9.17, 15) is 4.79 Å². The molecule has 0 spiro atoms. The first-order valence-corrected chi connectivity index (χ1v) is 8.16. The van der Waals surface area contributed by atoms with Crippen molar-refractivity contribution in [2.75, 3.05) is 6.61 Å². The van der Waals surface area contributed by atoms with Gasteiger partial charge in [-0.15, -0.1) is 0 Å². The average molecular weight is 353 g/mol. The number of carbonyl (C=O) groups is 1. The summed E-state index contributed by atoms with van der Waals surface area (Å²) in [7, 11) is 0. The topological polar surface area (TPSA) is 87.3 Å². The molecule has 1 aromatic carbocycles. The number of rotatable bonds is 6. The maximum atomic E-state index is 12.0. The van der Waals surface area contributed by atoms with Gasteiger partial charge in [-0.1, -0.05) is 11.2 Å². The summed E-state index contributed by atoms with van der Waals surface area (Å²) in [5, 5.41) is 3.88. The molecule has 134 valence electrons. The van der Waals surface area contributed by atoms with Crippen LogP contribution in [0, 0.1) is 13.8 Å². The van der Waals surface area contributed by atoms with Gasteiger partial charge in [0.15, 0.2) is 12.7 Å². The summed E-state index contributed by atoms with van der Waals surface area (Å²) in [5.41, 5.74) is 2.85. The fourth-order valence-electron chi connectivity index (χ4n) is 2.45. The van der Waals surface area contributed by atoms with Gasteiger partial charge in [-0.05, 0) is 56.2 Å². The van der Waals surface area contributed by atoms with Crippen LogP contribution in [-0.4, -0.2) is 27.7 Å². The van der Waals surface area contributed by atoms with Crippen molar-refractivity contribution in [3.63, 3.8) is 0 Å². The van der Waals surface area contributed by atoms with Gasteiger partial charge in [0.1, 0.15) is 5.75 Å². The Morgan fingerprint density at radius 3 is 2.69 bits per heavy atom. The molecule has 26 heavy (non-hydrogen) atoms. The van der Waals surface area contributed by atoms with Crippen molar-refractivity contribution in [2.45, 2.75) is 26.9 Å². The smallest absolute Gasteiger partial charge is 0.344 e. The van der Waals surface area contributed by atoms with E-state index in [-0.39, 0.29) is 12.5 Å². The summed E-state index contributed by atoms with van der Waals surface area (Å²) in [5.74, 6) is 0.715. The van der Waals surface area contributed by atoms with Crippen molar-refractivity contribution < 1.29 is 18.8 Å². The lowest BCUT2D eigenvalue weighted by Crippen LogP contribution is -2.17. The van der Waals surface area contributed by atoms with E-state index >= 15 is 0 Å². The van der Waals surface area contributed by atoms with E-state index in [1.807, 2.05) is 38.1 Å². The number of aromatic nitrogens is 3. The lowest BCUT2D eigenvalue weighted by atomic mass is 10.1. The van der Waals surface area contributed by atoms with Crippen LogP contribution < -0.4 is 4.74 Å². The predicted molar refractivity (Wildman–Crippen MR) is 93.4 cm³/mol. The van der Waals surface area contributed by atoms with Crippen LogP contribution in [0.1, 0.15) is 30.0 Å². The maximum absolute atomic E-state index is 12.0. The van der Waals surface area contributed by atoms with Crippen molar-refractivity contribution in [1.29, 1.82) is 0 Å². The fourth-order valence-corrected chi connectivity index (χ4v) is 2.45. The third-order valence-electron chi connectivity index (χ3n) is 3.57. The van der Waals surface area contributed by atoms with E-state index in [0.717, 1.165) is 16.7 Å². The standard InChI is InChI=1S/C19H19N3O4/c1-12-7-13(2)9-16(8-12)24-11-17(23)25-14(3)19-21-18(22-26-19)15-5-4-6-20-10-15/h4-10,14H,11H2,1-3H3. The highest BCUT2D eigenvalue weighted by molar-refractivity contribution is 5.71. The zero-order valence-corrected chi connectivity index (χ0v) is 14.8. The van der Waals surface area contributed by atoms with Gasteiger partial charge in [-0.25, -0.2) is 4.79 Å². The van der Waals surface area contributed by atoms with Crippen molar-refractivity contribution in [3.8, 4) is 17.1 Å². The predicted octanol–water partition coefficient (Wildman–Crippen LogP) is 3.43. The van der Waals surface area contributed by atoms with Crippen LogP contribution in [0.2, 0.25) is 0 Å². The first-order valence-electron chi connectivity index (χ1n) is 8.16. The molecule has 0 saturated carbocycles. The zero-order chi connectivity index (χ0) is 18.5. The molecule has 1 unspecified atom stereocenters. The highest BCUT2D eigenvalue weighted by Crippen LogP contribution is 2.20. The van der Waals surface area contributed by atoms with Gasteiger partial charge in [0, 0.05) is 18.0 Å². The van der Waals surface area contributed by atoms with Gasteiger partial charge in [0.05, 0.1) is 0 Å². The summed E-state index contributed by atoms with van der Waals surface area (Å²) >= 11 is 0. The number of pyridine rings is 1. The van der Waals surface area contributed by atoms with Gasteiger partial charge in [0.2, 0.25) is 5.82 Å². The molecule has 0 radical (unpaired) electrons. The third kappa shape index (κ3) is 4.44. The largest absolute Gasteiger partial charge is 0.482 e. The Labute approximate surface area is 151 Å². The molecular weight excluding hydrogens is 334 g/mol. The molecule has 0 saturated heterocycles.